The molecule has 1 atom stereocenters. The highest BCUT2D eigenvalue weighted by Crippen LogP contribution is 2.24. The second-order valence-electron chi connectivity index (χ2n) is 7.30. The first-order chi connectivity index (χ1) is 14.5. The number of halogens is 2. The summed E-state index contributed by atoms with van der Waals surface area (Å²) in [6.07, 6.45) is 6.39. The van der Waals surface area contributed by atoms with Crippen molar-refractivity contribution in [2.75, 3.05) is 26.2 Å². The minimum absolute atomic E-state index is 0.107. The first kappa shape index (κ1) is 24.4. The summed E-state index contributed by atoms with van der Waals surface area (Å²) in [6, 6.07) is 3.77. The number of hydrogen-bond acceptors (Lipinski definition) is 5. The lowest BCUT2D eigenvalue weighted by Gasteiger charge is -2.16. The van der Waals surface area contributed by atoms with E-state index < -0.39 is 17.9 Å². The molecule has 0 fully saturated rings. The highest BCUT2D eigenvalue weighted by atomic mass is 35.5. The Hall–Kier alpha value is -1.83. The van der Waals surface area contributed by atoms with Crippen molar-refractivity contribution in [3.63, 3.8) is 0 Å². The first-order valence-electron chi connectivity index (χ1n) is 10.4. The third-order valence-electron chi connectivity index (χ3n) is 4.93. The minimum Gasteiger partial charge on any atom is -0.480 e. The topological polar surface area (TPSA) is 103 Å². The van der Waals surface area contributed by atoms with E-state index in [4.69, 9.17) is 23.2 Å². The standard InChI is InChI=1S/C21H30Cl2N4O3/c22-15-8-7-9-16(23)19(15)20(28)27-17(21(29)30)10-5-3-1-2-4-6-11-25-18-14-24-12-13-26-18/h7-9,17,24H,1-6,10-14H2,(H,25,26)(H,27,28)(H,29,30). The summed E-state index contributed by atoms with van der Waals surface area (Å²) in [5.74, 6) is -0.581. The Kier molecular flexibility index (Phi) is 11.0. The van der Waals surface area contributed by atoms with Crippen LogP contribution < -0.4 is 16.0 Å². The molecule has 30 heavy (non-hydrogen) atoms. The van der Waals surface area contributed by atoms with Crippen molar-refractivity contribution in [3.8, 4) is 0 Å². The number of carbonyl (C=O) groups is 2. The van der Waals surface area contributed by atoms with Crippen LogP contribution in [0, 0.1) is 0 Å². The number of rotatable bonds is 12. The van der Waals surface area contributed by atoms with Crippen molar-refractivity contribution in [2.24, 2.45) is 4.99 Å². The summed E-state index contributed by atoms with van der Waals surface area (Å²) in [6.45, 7) is 3.54. The molecule has 0 saturated carbocycles. The largest absolute Gasteiger partial charge is 0.480 e. The number of nitrogens with one attached hydrogen (secondary N) is 3. The van der Waals surface area contributed by atoms with Crippen molar-refractivity contribution in [1.82, 2.24) is 16.0 Å². The molecule has 1 aromatic carbocycles. The lowest BCUT2D eigenvalue weighted by Crippen LogP contribution is -2.41. The third-order valence-corrected chi connectivity index (χ3v) is 5.56. The van der Waals surface area contributed by atoms with Crippen LogP contribution in [0.1, 0.15) is 55.3 Å². The van der Waals surface area contributed by atoms with Gasteiger partial charge in [0.2, 0.25) is 0 Å². The fourth-order valence-corrected chi connectivity index (χ4v) is 3.84. The summed E-state index contributed by atoms with van der Waals surface area (Å²) >= 11 is 12.0. The molecule has 0 bridgehead atoms. The number of hydrogen-bond donors (Lipinski definition) is 4. The molecule has 2 rings (SSSR count). The van der Waals surface area contributed by atoms with E-state index in [1.807, 2.05) is 0 Å². The van der Waals surface area contributed by atoms with E-state index in [-0.39, 0.29) is 15.6 Å². The molecule has 0 aromatic heterocycles. The molecule has 0 saturated heterocycles. The van der Waals surface area contributed by atoms with Crippen molar-refractivity contribution in [1.29, 1.82) is 0 Å². The molecule has 7 nitrogen and oxygen atoms in total. The third kappa shape index (κ3) is 8.50. The van der Waals surface area contributed by atoms with E-state index >= 15 is 0 Å². The number of carboxylic acids is 1. The Morgan fingerprint density at radius 1 is 1.10 bits per heavy atom. The lowest BCUT2D eigenvalue weighted by molar-refractivity contribution is -0.139. The highest BCUT2D eigenvalue weighted by molar-refractivity contribution is 6.39. The van der Waals surface area contributed by atoms with Crippen molar-refractivity contribution in [2.45, 2.75) is 51.0 Å². The molecule has 1 aromatic rings. The minimum atomic E-state index is -1.06. The summed E-state index contributed by atoms with van der Waals surface area (Å²) in [4.78, 5) is 28.3. The molecule has 1 amide bonds. The van der Waals surface area contributed by atoms with Crippen LogP contribution >= 0.6 is 23.2 Å². The second kappa shape index (κ2) is 13.5. The number of aliphatic imine (C=N–C) groups is 1. The normalized spacial score (nSPS) is 14.7. The Bertz CT molecular complexity index is 723. The van der Waals surface area contributed by atoms with Crippen LogP contribution in [0.3, 0.4) is 0 Å². The van der Waals surface area contributed by atoms with Gasteiger partial charge < -0.3 is 21.1 Å². The van der Waals surface area contributed by atoms with Gasteiger partial charge in [0.05, 0.1) is 28.7 Å². The van der Waals surface area contributed by atoms with Gasteiger partial charge in [0, 0.05) is 13.1 Å². The van der Waals surface area contributed by atoms with Crippen LogP contribution in [0.25, 0.3) is 0 Å². The van der Waals surface area contributed by atoms with Gasteiger partial charge in [0.25, 0.3) is 5.91 Å². The number of amidine groups is 1. The average molecular weight is 457 g/mol. The lowest BCUT2D eigenvalue weighted by atomic mass is 10.0. The van der Waals surface area contributed by atoms with E-state index in [9.17, 15) is 14.7 Å². The van der Waals surface area contributed by atoms with E-state index in [0.717, 1.165) is 70.5 Å². The molecule has 4 N–H and O–H groups in total. The molecule has 166 valence electrons. The summed E-state index contributed by atoms with van der Waals surface area (Å²) in [5, 5.41) is 19.0. The van der Waals surface area contributed by atoms with Gasteiger partial charge in [-0.15, -0.1) is 0 Å². The second-order valence-corrected chi connectivity index (χ2v) is 8.12. The number of aliphatic carboxylic acids is 1. The molecule has 0 spiro atoms. The van der Waals surface area contributed by atoms with Gasteiger partial charge >= 0.3 is 5.97 Å². The number of carbonyl (C=O) groups excluding carboxylic acids is 1. The van der Waals surface area contributed by atoms with Crippen LogP contribution in [0.15, 0.2) is 23.2 Å². The van der Waals surface area contributed by atoms with Crippen molar-refractivity contribution >= 4 is 40.9 Å². The van der Waals surface area contributed by atoms with Gasteiger partial charge in [0.1, 0.15) is 11.9 Å². The van der Waals surface area contributed by atoms with Crippen molar-refractivity contribution < 1.29 is 14.7 Å². The van der Waals surface area contributed by atoms with Gasteiger partial charge in [-0.2, -0.15) is 0 Å². The Morgan fingerprint density at radius 2 is 1.77 bits per heavy atom. The number of carboxylic acid groups (broad SMARTS) is 1. The number of unbranched alkanes of at least 4 members (excludes halogenated alkanes) is 5. The van der Waals surface area contributed by atoms with Gasteiger partial charge in [-0.3, -0.25) is 9.79 Å². The molecule has 1 unspecified atom stereocenters. The monoisotopic (exact) mass is 456 g/mol. The number of nitrogens with zero attached hydrogens (tertiary/aromatic N) is 1. The van der Waals surface area contributed by atoms with Gasteiger partial charge in [-0.05, 0) is 25.0 Å². The van der Waals surface area contributed by atoms with E-state index in [1.165, 1.54) is 0 Å². The highest BCUT2D eigenvalue weighted by Gasteiger charge is 2.22. The van der Waals surface area contributed by atoms with Crippen LogP contribution in [0.4, 0.5) is 0 Å². The van der Waals surface area contributed by atoms with Gasteiger partial charge in [0.15, 0.2) is 0 Å². The zero-order valence-electron chi connectivity index (χ0n) is 17.1. The number of benzene rings is 1. The molecular weight excluding hydrogens is 427 g/mol. The van der Waals surface area contributed by atoms with E-state index in [2.05, 4.69) is 20.9 Å². The molecular formula is C21H30Cl2N4O3. The quantitative estimate of drug-likeness (QED) is 0.360. The van der Waals surface area contributed by atoms with Gasteiger partial charge in [-0.1, -0.05) is 61.4 Å². The maximum Gasteiger partial charge on any atom is 0.326 e. The van der Waals surface area contributed by atoms with E-state index in [0.29, 0.717) is 6.42 Å². The maximum absolute atomic E-state index is 12.4. The number of amides is 1. The zero-order chi connectivity index (χ0) is 21.8. The molecule has 1 heterocycles. The first-order valence-corrected chi connectivity index (χ1v) is 11.2. The Balaban J connectivity index is 1.60. The summed E-state index contributed by atoms with van der Waals surface area (Å²) in [5.41, 5.74) is 0.107. The fraction of sp³-hybridized carbons (Fsp3) is 0.571. The van der Waals surface area contributed by atoms with Crippen LogP contribution in [0.2, 0.25) is 10.0 Å². The summed E-state index contributed by atoms with van der Waals surface area (Å²) < 4.78 is 0. The SMILES string of the molecule is O=C(NC(CCCCCCCCNC1=NCCNC1)C(=O)O)c1c(Cl)cccc1Cl. The predicted molar refractivity (Wildman–Crippen MR) is 121 cm³/mol. The maximum atomic E-state index is 12.4. The molecule has 0 aliphatic carbocycles. The molecule has 0 radical (unpaired) electrons. The van der Waals surface area contributed by atoms with Crippen LogP contribution in [-0.2, 0) is 4.79 Å². The smallest absolute Gasteiger partial charge is 0.326 e. The van der Waals surface area contributed by atoms with E-state index in [1.54, 1.807) is 18.2 Å². The Labute approximate surface area is 187 Å². The van der Waals surface area contributed by atoms with Crippen molar-refractivity contribution in [3.05, 3.63) is 33.8 Å². The molecule has 9 heteroatoms. The zero-order valence-corrected chi connectivity index (χ0v) is 18.6. The Morgan fingerprint density at radius 3 is 2.40 bits per heavy atom. The van der Waals surface area contributed by atoms with Crippen LogP contribution in [0.5, 0.6) is 0 Å². The molecule has 1 aliphatic rings. The predicted octanol–water partition coefficient (Wildman–Crippen LogP) is 3.50. The van der Waals surface area contributed by atoms with Crippen LogP contribution in [-0.4, -0.2) is 55.0 Å². The van der Waals surface area contributed by atoms with Gasteiger partial charge in [-0.25, -0.2) is 4.79 Å². The summed E-state index contributed by atoms with van der Waals surface area (Å²) in [7, 11) is 0. The fourth-order valence-electron chi connectivity index (χ4n) is 3.27. The average Bonchev–Trinajstić information content (AvgIpc) is 2.72. The molecule has 1 aliphatic heterocycles.